The summed E-state index contributed by atoms with van der Waals surface area (Å²) in [6.45, 7) is 0.377. The summed E-state index contributed by atoms with van der Waals surface area (Å²) >= 11 is 7.62. The van der Waals surface area contributed by atoms with Crippen LogP contribution in [0.2, 0.25) is 5.02 Å². The van der Waals surface area contributed by atoms with Crippen molar-refractivity contribution in [3.05, 3.63) is 91.1 Å². The first-order chi connectivity index (χ1) is 15.3. The van der Waals surface area contributed by atoms with Crippen molar-refractivity contribution < 1.29 is 14.5 Å². The lowest BCUT2D eigenvalue weighted by Gasteiger charge is -2.35. The number of Topliss-reactive ketones (excluding diaryl/α,β-unsaturated/α-hetero) is 1. The molecule has 0 bridgehead atoms. The van der Waals surface area contributed by atoms with Crippen molar-refractivity contribution in [2.24, 2.45) is 5.92 Å². The fourth-order valence-electron chi connectivity index (χ4n) is 5.15. The van der Waals surface area contributed by atoms with E-state index in [1.165, 1.54) is 23.5 Å². The second kappa shape index (κ2) is 7.51. The van der Waals surface area contributed by atoms with Crippen LogP contribution in [-0.2, 0) is 10.3 Å². The second-order valence-electron chi connectivity index (χ2n) is 8.07. The molecule has 9 heteroatoms. The summed E-state index contributed by atoms with van der Waals surface area (Å²) in [5.74, 6) is -1.66. The Hall–Kier alpha value is -3.07. The van der Waals surface area contributed by atoms with Gasteiger partial charge in [-0.05, 0) is 42.3 Å². The van der Waals surface area contributed by atoms with Gasteiger partial charge >= 0.3 is 0 Å². The van der Waals surface area contributed by atoms with Crippen LogP contribution in [0.5, 0.6) is 0 Å². The molecule has 2 aliphatic rings. The number of rotatable bonds is 4. The summed E-state index contributed by atoms with van der Waals surface area (Å²) in [5.41, 5.74) is 0.612. The predicted molar refractivity (Wildman–Crippen MR) is 122 cm³/mol. The maximum absolute atomic E-state index is 13.9. The lowest BCUT2D eigenvalue weighted by atomic mass is 9.71. The number of carbonyl (C=O) groups excluding carboxylic acids is 2. The minimum absolute atomic E-state index is 0.0484. The van der Waals surface area contributed by atoms with Crippen LogP contribution in [0.4, 0.5) is 11.4 Å². The average Bonchev–Trinajstić information content (AvgIpc) is 3.47. The highest BCUT2D eigenvalue weighted by molar-refractivity contribution is 7.12. The zero-order valence-electron chi connectivity index (χ0n) is 16.9. The number of fused-ring (bicyclic) bond motifs is 2. The Kier molecular flexibility index (Phi) is 4.88. The minimum Gasteiger partial charge on any atom is -0.324 e. The van der Waals surface area contributed by atoms with Crippen molar-refractivity contribution >= 4 is 46.0 Å². The van der Waals surface area contributed by atoms with Crippen LogP contribution in [0.25, 0.3) is 0 Å². The zero-order valence-corrected chi connectivity index (χ0v) is 18.5. The smallest absolute Gasteiger partial charge is 0.269 e. The van der Waals surface area contributed by atoms with E-state index in [2.05, 4.69) is 5.32 Å². The highest BCUT2D eigenvalue weighted by Gasteiger charge is 2.64. The third-order valence-electron chi connectivity index (χ3n) is 6.47. The van der Waals surface area contributed by atoms with E-state index in [-0.39, 0.29) is 17.4 Å². The van der Waals surface area contributed by atoms with Crippen LogP contribution >= 0.6 is 22.9 Å². The molecule has 1 saturated heterocycles. The van der Waals surface area contributed by atoms with Gasteiger partial charge in [0.2, 0.25) is 5.91 Å². The lowest BCUT2D eigenvalue weighted by Crippen LogP contribution is -2.51. The van der Waals surface area contributed by atoms with E-state index in [4.69, 9.17) is 11.6 Å². The van der Waals surface area contributed by atoms with Crippen molar-refractivity contribution in [3.8, 4) is 0 Å². The molecule has 0 aliphatic carbocycles. The van der Waals surface area contributed by atoms with E-state index < -0.39 is 22.3 Å². The normalized spacial score (nSPS) is 24.5. The standard InChI is InChI=1S/C23H18ClN3O4S/c1-26-12-16(13-4-2-5-15(10-13)27(30)31)20(21(28)19-6-3-9-32-19)23(26)17-11-14(24)7-8-18(17)25-22(23)29/h2-11,16,20H,12H2,1H3,(H,25,29)/t16-,20+,23+/m1/s1. The number of benzene rings is 2. The van der Waals surface area contributed by atoms with E-state index in [0.717, 1.165) is 0 Å². The van der Waals surface area contributed by atoms with E-state index >= 15 is 0 Å². The Labute approximate surface area is 192 Å². The van der Waals surface area contributed by atoms with Gasteiger partial charge in [-0.3, -0.25) is 24.6 Å². The number of hydrogen-bond acceptors (Lipinski definition) is 6. The number of amides is 1. The Morgan fingerprint density at radius 3 is 2.78 bits per heavy atom. The first-order valence-electron chi connectivity index (χ1n) is 9.99. The molecule has 2 aromatic carbocycles. The molecule has 3 atom stereocenters. The Balaban J connectivity index is 1.74. The second-order valence-corrected chi connectivity index (χ2v) is 9.45. The van der Waals surface area contributed by atoms with Gasteiger partial charge in [0.05, 0.1) is 15.7 Å². The maximum atomic E-state index is 13.9. The molecule has 0 unspecified atom stereocenters. The number of nitro groups is 1. The molecule has 1 N–H and O–H groups in total. The van der Waals surface area contributed by atoms with Crippen LogP contribution in [0.15, 0.2) is 60.0 Å². The first kappa shape index (κ1) is 20.8. The lowest BCUT2D eigenvalue weighted by molar-refractivity contribution is -0.384. The SMILES string of the molecule is CN1C[C@H](c2cccc([N+](=O)[O-])c2)[C@@H](C(=O)c2cccs2)[C@@]12C(=O)Nc1ccc(Cl)cc12. The molecule has 0 saturated carbocycles. The highest BCUT2D eigenvalue weighted by Crippen LogP contribution is 2.56. The number of halogens is 1. The number of ketones is 1. The number of nitrogens with zero attached hydrogens (tertiary/aromatic N) is 2. The average molecular weight is 468 g/mol. The predicted octanol–water partition coefficient (Wildman–Crippen LogP) is 4.69. The summed E-state index contributed by atoms with van der Waals surface area (Å²) < 4.78 is 0. The number of anilines is 1. The zero-order chi connectivity index (χ0) is 22.6. The molecule has 3 heterocycles. The van der Waals surface area contributed by atoms with Crippen molar-refractivity contribution in [2.75, 3.05) is 18.9 Å². The van der Waals surface area contributed by atoms with Gasteiger partial charge in [-0.2, -0.15) is 0 Å². The fraction of sp³-hybridized carbons (Fsp3) is 0.217. The molecule has 5 rings (SSSR count). The highest BCUT2D eigenvalue weighted by atomic mass is 35.5. The quantitative estimate of drug-likeness (QED) is 0.341. The minimum atomic E-state index is -1.27. The molecular weight excluding hydrogens is 450 g/mol. The summed E-state index contributed by atoms with van der Waals surface area (Å²) in [6, 6.07) is 15.0. The van der Waals surface area contributed by atoms with Gasteiger partial charge in [0.1, 0.15) is 5.54 Å². The van der Waals surface area contributed by atoms with Gasteiger partial charge < -0.3 is 5.32 Å². The molecule has 7 nitrogen and oxygen atoms in total. The summed E-state index contributed by atoms with van der Waals surface area (Å²) in [6.07, 6.45) is 0. The number of carbonyl (C=O) groups is 2. The summed E-state index contributed by atoms with van der Waals surface area (Å²) in [4.78, 5) is 40.8. The van der Waals surface area contributed by atoms with Crippen LogP contribution in [0.1, 0.15) is 26.7 Å². The molecule has 32 heavy (non-hydrogen) atoms. The van der Waals surface area contributed by atoms with Gasteiger partial charge in [-0.15, -0.1) is 11.3 Å². The van der Waals surface area contributed by atoms with Crippen LogP contribution in [0.3, 0.4) is 0 Å². The fourth-order valence-corrected chi connectivity index (χ4v) is 6.03. The summed E-state index contributed by atoms with van der Waals surface area (Å²) in [5, 5.41) is 16.6. The number of likely N-dealkylation sites (N-methyl/N-ethyl adjacent to an activating group) is 1. The van der Waals surface area contributed by atoms with Crippen molar-refractivity contribution in [2.45, 2.75) is 11.5 Å². The van der Waals surface area contributed by atoms with E-state index in [0.29, 0.717) is 33.3 Å². The van der Waals surface area contributed by atoms with Crippen LogP contribution < -0.4 is 5.32 Å². The van der Waals surface area contributed by atoms with Gasteiger partial charge in [-0.25, -0.2) is 0 Å². The largest absolute Gasteiger partial charge is 0.324 e. The molecular formula is C23H18ClN3O4S. The Morgan fingerprint density at radius 1 is 1.25 bits per heavy atom. The monoisotopic (exact) mass is 467 g/mol. The molecule has 1 fully saturated rings. The number of non-ortho nitro benzene ring substituents is 1. The number of thiophene rings is 1. The molecule has 1 spiro atoms. The van der Waals surface area contributed by atoms with Crippen LogP contribution in [0, 0.1) is 16.0 Å². The molecule has 3 aromatic rings. The molecule has 1 amide bonds. The number of hydrogen-bond donors (Lipinski definition) is 1. The van der Waals surface area contributed by atoms with Gasteiger partial charge in [-0.1, -0.05) is 29.8 Å². The molecule has 0 radical (unpaired) electrons. The number of nitro benzene ring substituents is 1. The third-order valence-corrected chi connectivity index (χ3v) is 7.59. The van der Waals surface area contributed by atoms with Crippen molar-refractivity contribution in [1.29, 1.82) is 0 Å². The molecule has 162 valence electrons. The Morgan fingerprint density at radius 2 is 2.06 bits per heavy atom. The van der Waals surface area contributed by atoms with Gasteiger partial charge in [0, 0.05) is 40.9 Å². The van der Waals surface area contributed by atoms with Gasteiger partial charge in [0.15, 0.2) is 5.78 Å². The topological polar surface area (TPSA) is 92.5 Å². The van der Waals surface area contributed by atoms with Crippen molar-refractivity contribution in [1.82, 2.24) is 4.90 Å². The molecule has 1 aromatic heterocycles. The third kappa shape index (κ3) is 2.91. The van der Waals surface area contributed by atoms with E-state index in [1.54, 1.807) is 42.5 Å². The number of likely N-dealkylation sites (tertiary alicyclic amines) is 1. The van der Waals surface area contributed by atoms with E-state index in [1.807, 2.05) is 17.3 Å². The summed E-state index contributed by atoms with van der Waals surface area (Å²) in [7, 11) is 1.81. The first-order valence-corrected chi connectivity index (χ1v) is 11.2. The Bertz CT molecular complexity index is 1260. The van der Waals surface area contributed by atoms with Gasteiger partial charge in [0.25, 0.3) is 5.69 Å². The molecule has 2 aliphatic heterocycles. The van der Waals surface area contributed by atoms with E-state index in [9.17, 15) is 19.7 Å². The van der Waals surface area contributed by atoms with Crippen LogP contribution in [-0.4, -0.2) is 35.1 Å². The maximum Gasteiger partial charge on any atom is 0.269 e. The number of nitrogens with one attached hydrogen (secondary N) is 1. The van der Waals surface area contributed by atoms with Crippen molar-refractivity contribution in [3.63, 3.8) is 0 Å².